The first-order chi connectivity index (χ1) is 14.1. The molecule has 1 aliphatic carbocycles. The normalized spacial score (nSPS) is 14.2. The number of para-hydroxylation sites is 1. The number of benzene rings is 1. The number of aromatic nitrogens is 3. The number of H-pyrrole nitrogens is 1. The van der Waals surface area contributed by atoms with Crippen molar-refractivity contribution in [3.63, 3.8) is 0 Å². The Hall–Kier alpha value is -3.42. The second kappa shape index (κ2) is 8.30. The van der Waals surface area contributed by atoms with E-state index in [9.17, 15) is 14.7 Å². The Morgan fingerprint density at radius 3 is 2.86 bits per heavy atom. The number of aromatic amines is 1. The van der Waals surface area contributed by atoms with Crippen molar-refractivity contribution in [2.75, 3.05) is 11.9 Å². The summed E-state index contributed by atoms with van der Waals surface area (Å²) in [7, 11) is 0. The number of nitrogens with zero attached hydrogens (tertiary/aromatic N) is 2. The quantitative estimate of drug-likeness (QED) is 0.560. The first-order valence-corrected chi connectivity index (χ1v) is 9.71. The van der Waals surface area contributed by atoms with Crippen molar-refractivity contribution in [3.8, 4) is 5.75 Å². The van der Waals surface area contributed by atoms with E-state index >= 15 is 0 Å². The lowest BCUT2D eigenvalue weighted by atomic mass is 10.1. The van der Waals surface area contributed by atoms with Crippen LogP contribution < -0.4 is 10.1 Å². The van der Waals surface area contributed by atoms with Crippen molar-refractivity contribution in [2.24, 2.45) is 5.92 Å². The van der Waals surface area contributed by atoms with Gasteiger partial charge in [-0.2, -0.15) is 0 Å². The SMILES string of the molecule is O=C(Nc1nc2c(C(=O)O)cccc2[nH]1)c1cncc(OCCC2CCCC2)c1. The van der Waals surface area contributed by atoms with Gasteiger partial charge in [-0.05, 0) is 30.5 Å². The molecule has 4 rings (SSSR count). The van der Waals surface area contributed by atoms with Gasteiger partial charge in [-0.25, -0.2) is 9.78 Å². The minimum absolute atomic E-state index is 0.0681. The van der Waals surface area contributed by atoms with Crippen LogP contribution in [0.25, 0.3) is 11.0 Å². The van der Waals surface area contributed by atoms with Crippen LogP contribution in [0.5, 0.6) is 5.75 Å². The van der Waals surface area contributed by atoms with Crippen LogP contribution in [0, 0.1) is 5.92 Å². The zero-order valence-electron chi connectivity index (χ0n) is 15.9. The summed E-state index contributed by atoms with van der Waals surface area (Å²) in [6.45, 7) is 0.610. The minimum atomic E-state index is -1.08. The fourth-order valence-electron chi connectivity index (χ4n) is 3.71. The number of nitrogens with one attached hydrogen (secondary N) is 2. The van der Waals surface area contributed by atoms with E-state index in [0.29, 0.717) is 23.4 Å². The molecule has 0 unspecified atom stereocenters. The number of carbonyl (C=O) groups is 2. The summed E-state index contributed by atoms with van der Waals surface area (Å²) in [4.78, 5) is 35.1. The Labute approximate surface area is 167 Å². The van der Waals surface area contributed by atoms with Gasteiger partial charge in [-0.15, -0.1) is 0 Å². The standard InChI is InChI=1S/C21H22N4O4/c26-19(25-21-23-17-7-3-6-16(20(27)28)18(17)24-21)14-10-15(12-22-11-14)29-9-8-13-4-1-2-5-13/h3,6-7,10-13H,1-2,4-5,8-9H2,(H,27,28)(H2,23,24,25,26). The van der Waals surface area contributed by atoms with Crippen LogP contribution in [0.2, 0.25) is 0 Å². The second-order valence-corrected chi connectivity index (χ2v) is 7.24. The maximum Gasteiger partial charge on any atom is 0.337 e. The maximum absolute atomic E-state index is 12.6. The van der Waals surface area contributed by atoms with E-state index in [1.165, 1.54) is 37.9 Å². The Balaban J connectivity index is 1.42. The van der Waals surface area contributed by atoms with Crippen LogP contribution in [-0.2, 0) is 0 Å². The summed E-state index contributed by atoms with van der Waals surface area (Å²) in [5.41, 5.74) is 1.22. The van der Waals surface area contributed by atoms with E-state index < -0.39 is 11.9 Å². The van der Waals surface area contributed by atoms with E-state index in [4.69, 9.17) is 4.74 Å². The van der Waals surface area contributed by atoms with Gasteiger partial charge >= 0.3 is 5.97 Å². The van der Waals surface area contributed by atoms with Gasteiger partial charge in [-0.3, -0.25) is 15.1 Å². The number of carbonyl (C=O) groups excluding carboxylic acids is 1. The number of carboxylic acids is 1. The topological polar surface area (TPSA) is 117 Å². The fourth-order valence-corrected chi connectivity index (χ4v) is 3.71. The van der Waals surface area contributed by atoms with Crippen molar-refractivity contribution in [3.05, 3.63) is 47.8 Å². The number of imidazole rings is 1. The molecule has 0 aliphatic heterocycles. The first kappa shape index (κ1) is 18.9. The van der Waals surface area contributed by atoms with E-state index in [1.807, 2.05) is 0 Å². The Morgan fingerprint density at radius 1 is 1.24 bits per heavy atom. The number of hydrogen-bond acceptors (Lipinski definition) is 5. The number of aromatic carboxylic acids is 1. The van der Waals surface area contributed by atoms with Crippen LogP contribution >= 0.6 is 0 Å². The van der Waals surface area contributed by atoms with Crippen molar-refractivity contribution >= 4 is 28.9 Å². The highest BCUT2D eigenvalue weighted by Crippen LogP contribution is 2.27. The van der Waals surface area contributed by atoms with Crippen molar-refractivity contribution in [2.45, 2.75) is 32.1 Å². The van der Waals surface area contributed by atoms with Crippen LogP contribution in [-0.4, -0.2) is 38.5 Å². The third-order valence-electron chi connectivity index (χ3n) is 5.22. The third kappa shape index (κ3) is 4.37. The van der Waals surface area contributed by atoms with Gasteiger partial charge in [0.25, 0.3) is 5.91 Å². The highest BCUT2D eigenvalue weighted by atomic mass is 16.5. The van der Waals surface area contributed by atoms with Gasteiger partial charge in [0, 0.05) is 6.20 Å². The molecule has 29 heavy (non-hydrogen) atoms. The average molecular weight is 394 g/mol. The number of amides is 1. The molecule has 1 amide bonds. The summed E-state index contributed by atoms with van der Waals surface area (Å²) >= 11 is 0. The van der Waals surface area contributed by atoms with E-state index in [-0.39, 0.29) is 17.0 Å². The molecule has 0 saturated heterocycles. The molecule has 1 aromatic carbocycles. The van der Waals surface area contributed by atoms with Gasteiger partial charge in [0.15, 0.2) is 0 Å². The predicted octanol–water partition coefficient (Wildman–Crippen LogP) is 3.87. The highest BCUT2D eigenvalue weighted by molar-refractivity contribution is 6.05. The van der Waals surface area contributed by atoms with E-state index in [0.717, 1.165) is 12.3 Å². The zero-order valence-corrected chi connectivity index (χ0v) is 15.9. The van der Waals surface area contributed by atoms with Crippen molar-refractivity contribution in [1.82, 2.24) is 15.0 Å². The summed E-state index contributed by atoms with van der Waals surface area (Å²) in [5.74, 6) is -0.0285. The van der Waals surface area contributed by atoms with Crippen molar-refractivity contribution in [1.29, 1.82) is 0 Å². The summed E-state index contributed by atoms with van der Waals surface area (Å²) in [6.07, 6.45) is 9.20. The van der Waals surface area contributed by atoms with Crippen LogP contribution in [0.3, 0.4) is 0 Å². The predicted molar refractivity (Wildman–Crippen MR) is 107 cm³/mol. The van der Waals surface area contributed by atoms with Gasteiger partial charge in [0.05, 0.1) is 29.4 Å². The third-order valence-corrected chi connectivity index (χ3v) is 5.22. The molecular weight excluding hydrogens is 372 g/mol. The average Bonchev–Trinajstić information content (AvgIpc) is 3.37. The number of carboxylic acid groups (broad SMARTS) is 1. The monoisotopic (exact) mass is 394 g/mol. The van der Waals surface area contributed by atoms with E-state index in [1.54, 1.807) is 24.4 Å². The molecule has 0 bridgehead atoms. The summed E-state index contributed by atoms with van der Waals surface area (Å²) < 4.78 is 5.77. The molecule has 0 atom stereocenters. The molecule has 8 heteroatoms. The van der Waals surface area contributed by atoms with E-state index in [2.05, 4.69) is 20.3 Å². The fraction of sp³-hybridized carbons (Fsp3) is 0.333. The minimum Gasteiger partial charge on any atom is -0.492 e. The number of fused-ring (bicyclic) bond motifs is 1. The largest absolute Gasteiger partial charge is 0.492 e. The number of anilines is 1. The molecule has 1 saturated carbocycles. The Kier molecular flexibility index (Phi) is 5.41. The molecule has 1 aliphatic rings. The number of pyridine rings is 1. The van der Waals surface area contributed by atoms with Crippen LogP contribution in [0.1, 0.15) is 52.8 Å². The molecule has 3 aromatic rings. The lowest BCUT2D eigenvalue weighted by Crippen LogP contribution is -2.13. The zero-order chi connectivity index (χ0) is 20.2. The molecule has 1 fully saturated rings. The first-order valence-electron chi connectivity index (χ1n) is 9.71. The molecule has 0 radical (unpaired) electrons. The summed E-state index contributed by atoms with van der Waals surface area (Å²) in [6, 6.07) is 6.42. The maximum atomic E-state index is 12.6. The van der Waals surface area contributed by atoms with Crippen LogP contribution in [0.4, 0.5) is 5.95 Å². The molecule has 2 aromatic heterocycles. The number of rotatable bonds is 7. The van der Waals surface area contributed by atoms with Gasteiger partial charge < -0.3 is 14.8 Å². The molecule has 3 N–H and O–H groups in total. The molecule has 8 nitrogen and oxygen atoms in total. The second-order valence-electron chi connectivity index (χ2n) is 7.24. The smallest absolute Gasteiger partial charge is 0.337 e. The van der Waals surface area contributed by atoms with Gasteiger partial charge in [0.2, 0.25) is 5.95 Å². The molecule has 150 valence electrons. The van der Waals surface area contributed by atoms with Crippen molar-refractivity contribution < 1.29 is 19.4 Å². The number of ether oxygens (including phenoxy) is 1. The summed E-state index contributed by atoms with van der Waals surface area (Å²) in [5, 5.41) is 11.9. The molecule has 2 heterocycles. The lowest BCUT2D eigenvalue weighted by molar-refractivity contribution is 0.0698. The Bertz CT molecular complexity index is 1040. The van der Waals surface area contributed by atoms with Gasteiger partial charge in [0.1, 0.15) is 11.3 Å². The van der Waals surface area contributed by atoms with Gasteiger partial charge in [-0.1, -0.05) is 31.7 Å². The highest BCUT2D eigenvalue weighted by Gasteiger charge is 2.16. The Morgan fingerprint density at radius 2 is 2.07 bits per heavy atom. The molecular formula is C21H22N4O4. The molecule has 0 spiro atoms. The van der Waals surface area contributed by atoms with Crippen LogP contribution in [0.15, 0.2) is 36.7 Å². The lowest BCUT2D eigenvalue weighted by Gasteiger charge is -2.10. The number of hydrogen-bond donors (Lipinski definition) is 3.